The molecule has 0 aromatic carbocycles. The Morgan fingerprint density at radius 2 is 1.69 bits per heavy atom. The quantitative estimate of drug-likeness (QED) is 0.203. The molecule has 0 bridgehead atoms. The summed E-state index contributed by atoms with van der Waals surface area (Å²) in [6.45, 7) is -1.02. The Hall–Kier alpha value is -0.380. The summed E-state index contributed by atoms with van der Waals surface area (Å²) in [5, 5.41) is 35.8. The van der Waals surface area contributed by atoms with Crippen LogP contribution < -0.4 is 0 Å². The maximum atomic E-state index is 10.4. The zero-order chi connectivity index (χ0) is 12.9. The number of carbonyl (C=O) groups excluding carboxylic acids is 1. The minimum absolute atomic E-state index is 0.0835. The number of rotatable bonds is 7. The van der Waals surface area contributed by atoms with E-state index in [0.717, 1.165) is 0 Å². The standard InChI is InChI=1S/C6H13O9P/c7-1-3(9)5(10)6(11)4(2-8)15-16(12,13)14/h1,3-6,8-11H,2H2,(H2,12,13,14)/t3-,4-,5-,6-/m1/s1. The second-order valence-corrected chi connectivity index (χ2v) is 4.12. The van der Waals surface area contributed by atoms with Gasteiger partial charge in [0.25, 0.3) is 0 Å². The van der Waals surface area contributed by atoms with Crippen molar-refractivity contribution in [3.05, 3.63) is 0 Å². The van der Waals surface area contributed by atoms with Crippen molar-refractivity contribution in [2.24, 2.45) is 0 Å². The van der Waals surface area contributed by atoms with Gasteiger partial charge in [-0.25, -0.2) is 4.57 Å². The molecule has 0 radical (unpaired) electrons. The monoisotopic (exact) mass is 260 g/mol. The van der Waals surface area contributed by atoms with Gasteiger partial charge in [0.2, 0.25) is 0 Å². The van der Waals surface area contributed by atoms with Gasteiger partial charge in [0.05, 0.1) is 6.61 Å². The molecule has 4 atom stereocenters. The molecule has 0 saturated carbocycles. The van der Waals surface area contributed by atoms with E-state index in [0.29, 0.717) is 0 Å². The van der Waals surface area contributed by atoms with Crippen LogP contribution in [0.1, 0.15) is 0 Å². The van der Waals surface area contributed by atoms with Gasteiger partial charge in [0.1, 0.15) is 24.4 Å². The van der Waals surface area contributed by atoms with Crippen LogP contribution >= 0.6 is 7.82 Å². The lowest BCUT2D eigenvalue weighted by Gasteiger charge is -2.26. The van der Waals surface area contributed by atoms with E-state index in [1.54, 1.807) is 0 Å². The number of aliphatic hydroxyl groups is 4. The number of hydrogen-bond donors (Lipinski definition) is 6. The SMILES string of the molecule is O=C[C@@H](O)[C@@H](O)[C@H](O)[C@@H](CO)OP(=O)(O)O. The van der Waals surface area contributed by atoms with Crippen LogP contribution in [0.5, 0.6) is 0 Å². The summed E-state index contributed by atoms with van der Waals surface area (Å²) in [6.07, 6.45) is -7.92. The topological polar surface area (TPSA) is 165 Å². The summed E-state index contributed by atoms with van der Waals surface area (Å²) in [6, 6.07) is 0. The number of carbonyl (C=O) groups is 1. The molecule has 9 nitrogen and oxygen atoms in total. The summed E-state index contributed by atoms with van der Waals surface area (Å²) < 4.78 is 14.3. The summed E-state index contributed by atoms with van der Waals surface area (Å²) in [5.74, 6) is 0. The molecule has 0 amide bonds. The van der Waals surface area contributed by atoms with E-state index in [-0.39, 0.29) is 6.29 Å². The van der Waals surface area contributed by atoms with Crippen molar-refractivity contribution in [1.29, 1.82) is 0 Å². The first-order chi connectivity index (χ1) is 7.22. The molecule has 0 aliphatic carbocycles. The Labute approximate surface area is 90.2 Å². The Kier molecular flexibility index (Phi) is 6.23. The van der Waals surface area contributed by atoms with Crippen LogP contribution in [-0.2, 0) is 13.9 Å². The van der Waals surface area contributed by atoms with E-state index in [4.69, 9.17) is 25.1 Å². The molecule has 16 heavy (non-hydrogen) atoms. The lowest BCUT2D eigenvalue weighted by Crippen LogP contribution is -2.47. The Bertz CT molecular complexity index is 263. The summed E-state index contributed by atoms with van der Waals surface area (Å²) >= 11 is 0. The average molecular weight is 260 g/mol. The Balaban J connectivity index is 4.58. The number of hydrogen-bond acceptors (Lipinski definition) is 7. The zero-order valence-electron chi connectivity index (χ0n) is 7.95. The largest absolute Gasteiger partial charge is 0.470 e. The molecule has 0 unspecified atom stereocenters. The Morgan fingerprint density at radius 3 is 2.00 bits per heavy atom. The van der Waals surface area contributed by atoms with Crippen molar-refractivity contribution in [1.82, 2.24) is 0 Å². The van der Waals surface area contributed by atoms with Crippen molar-refractivity contribution < 1.29 is 44.1 Å². The molecule has 0 aliphatic heterocycles. The normalized spacial score (nSPS) is 19.9. The minimum Gasteiger partial charge on any atom is -0.394 e. The second-order valence-electron chi connectivity index (χ2n) is 2.92. The van der Waals surface area contributed by atoms with E-state index in [9.17, 15) is 14.5 Å². The minimum atomic E-state index is -4.97. The predicted octanol–water partition coefficient (Wildman–Crippen LogP) is -3.26. The summed E-state index contributed by atoms with van der Waals surface area (Å²) in [7, 11) is -4.97. The predicted molar refractivity (Wildman–Crippen MR) is 48.1 cm³/mol. The van der Waals surface area contributed by atoms with Crippen LogP contribution in [0.3, 0.4) is 0 Å². The van der Waals surface area contributed by atoms with Gasteiger partial charge in [0, 0.05) is 0 Å². The molecule has 0 aliphatic rings. The van der Waals surface area contributed by atoms with Gasteiger partial charge in [0.15, 0.2) is 6.29 Å². The molecule has 96 valence electrons. The van der Waals surface area contributed by atoms with Gasteiger partial charge < -0.3 is 35.0 Å². The van der Waals surface area contributed by atoms with Gasteiger partial charge in [-0.3, -0.25) is 4.52 Å². The molecule has 0 fully saturated rings. The second kappa shape index (κ2) is 6.38. The van der Waals surface area contributed by atoms with Crippen LogP contribution in [0.15, 0.2) is 0 Å². The van der Waals surface area contributed by atoms with Crippen LogP contribution in [0.25, 0.3) is 0 Å². The highest BCUT2D eigenvalue weighted by Crippen LogP contribution is 2.38. The summed E-state index contributed by atoms with van der Waals surface area (Å²) in [5.41, 5.74) is 0. The molecular weight excluding hydrogens is 247 g/mol. The first-order valence-electron chi connectivity index (χ1n) is 4.07. The van der Waals surface area contributed by atoms with Gasteiger partial charge >= 0.3 is 7.82 Å². The highest BCUT2D eigenvalue weighted by molar-refractivity contribution is 7.46. The fourth-order valence-electron chi connectivity index (χ4n) is 0.882. The van der Waals surface area contributed by atoms with Crippen LogP contribution in [0.4, 0.5) is 0 Å². The summed E-state index contributed by atoms with van der Waals surface area (Å²) in [4.78, 5) is 26.9. The molecular formula is C6H13O9P. The third kappa shape index (κ3) is 5.10. The van der Waals surface area contributed by atoms with E-state index < -0.39 is 38.8 Å². The first-order valence-corrected chi connectivity index (χ1v) is 5.60. The molecule has 0 heterocycles. The Morgan fingerprint density at radius 1 is 1.19 bits per heavy atom. The molecule has 0 aromatic heterocycles. The van der Waals surface area contributed by atoms with E-state index in [2.05, 4.69) is 4.52 Å². The van der Waals surface area contributed by atoms with Gasteiger partial charge in [-0.15, -0.1) is 0 Å². The molecule has 10 heteroatoms. The van der Waals surface area contributed by atoms with Crippen molar-refractivity contribution >= 4 is 14.1 Å². The molecule has 0 rings (SSSR count). The lowest BCUT2D eigenvalue weighted by atomic mass is 10.0. The zero-order valence-corrected chi connectivity index (χ0v) is 8.84. The van der Waals surface area contributed by atoms with Gasteiger partial charge in [-0.1, -0.05) is 0 Å². The molecule has 0 aromatic rings. The van der Waals surface area contributed by atoms with Crippen molar-refractivity contribution in [2.45, 2.75) is 24.4 Å². The van der Waals surface area contributed by atoms with E-state index in [1.807, 2.05) is 0 Å². The third-order valence-electron chi connectivity index (χ3n) is 1.67. The van der Waals surface area contributed by atoms with Crippen molar-refractivity contribution in [3.63, 3.8) is 0 Å². The third-order valence-corrected chi connectivity index (χ3v) is 2.22. The number of phosphoric acid groups is 1. The maximum absolute atomic E-state index is 10.4. The maximum Gasteiger partial charge on any atom is 0.470 e. The molecule has 0 saturated heterocycles. The first kappa shape index (κ1) is 15.6. The van der Waals surface area contributed by atoms with Gasteiger partial charge in [-0.2, -0.15) is 0 Å². The van der Waals surface area contributed by atoms with E-state index in [1.165, 1.54) is 0 Å². The van der Waals surface area contributed by atoms with Crippen LogP contribution in [0, 0.1) is 0 Å². The highest BCUT2D eigenvalue weighted by atomic mass is 31.2. The van der Waals surface area contributed by atoms with Crippen LogP contribution in [-0.4, -0.2) is 67.5 Å². The van der Waals surface area contributed by atoms with Crippen molar-refractivity contribution in [3.8, 4) is 0 Å². The van der Waals surface area contributed by atoms with E-state index >= 15 is 0 Å². The smallest absolute Gasteiger partial charge is 0.394 e. The number of phosphoric ester groups is 1. The molecule has 6 N–H and O–H groups in total. The average Bonchev–Trinajstić information content (AvgIpc) is 2.21. The highest BCUT2D eigenvalue weighted by Gasteiger charge is 2.35. The lowest BCUT2D eigenvalue weighted by molar-refractivity contribution is -0.135. The number of aldehydes is 1. The fourth-order valence-corrected chi connectivity index (χ4v) is 1.43. The van der Waals surface area contributed by atoms with Crippen molar-refractivity contribution in [2.75, 3.05) is 6.61 Å². The molecule has 0 spiro atoms. The number of aliphatic hydroxyl groups excluding tert-OH is 4. The fraction of sp³-hybridized carbons (Fsp3) is 0.833. The van der Waals surface area contributed by atoms with Crippen LogP contribution in [0.2, 0.25) is 0 Å². The van der Waals surface area contributed by atoms with Gasteiger partial charge in [-0.05, 0) is 0 Å².